The van der Waals surface area contributed by atoms with Crippen LogP contribution in [-0.4, -0.2) is 30.4 Å². The highest BCUT2D eigenvalue weighted by atomic mass is 35.5. The summed E-state index contributed by atoms with van der Waals surface area (Å²) in [6.45, 7) is 6.16. The molecule has 3 aromatic rings. The Morgan fingerprint density at radius 2 is 1.87 bits per heavy atom. The molecule has 1 aliphatic heterocycles. The minimum atomic E-state index is -0.397. The van der Waals surface area contributed by atoms with Crippen LogP contribution in [0.3, 0.4) is 0 Å². The van der Waals surface area contributed by atoms with Gasteiger partial charge in [0.05, 0.1) is 11.4 Å². The molecule has 4 rings (SSSR count). The van der Waals surface area contributed by atoms with Crippen LogP contribution in [0.2, 0.25) is 5.02 Å². The molecule has 1 amide bonds. The second-order valence-electron chi connectivity index (χ2n) is 7.85. The average molecular weight is 461 g/mol. The molecule has 1 fully saturated rings. The first kappa shape index (κ1) is 23.3. The molecule has 0 radical (unpaired) electrons. The van der Waals surface area contributed by atoms with Crippen LogP contribution in [0.1, 0.15) is 46.1 Å². The van der Waals surface area contributed by atoms with E-state index in [4.69, 9.17) is 16.0 Å². The predicted octanol–water partition coefficient (Wildman–Crippen LogP) is 5.05. The zero-order valence-electron chi connectivity index (χ0n) is 17.6. The number of fused-ring (bicyclic) bond motifs is 1. The Bertz CT molecular complexity index is 1150. The monoisotopic (exact) mass is 460 g/mol. The highest BCUT2D eigenvalue weighted by Crippen LogP contribution is 2.30. The van der Waals surface area contributed by atoms with Gasteiger partial charge in [0.1, 0.15) is 5.58 Å². The molecule has 1 N–H and O–H groups in total. The summed E-state index contributed by atoms with van der Waals surface area (Å²) in [5.41, 5.74) is 3.12. The van der Waals surface area contributed by atoms with E-state index in [0.717, 1.165) is 42.6 Å². The summed E-state index contributed by atoms with van der Waals surface area (Å²) in [5.74, 6) is -0.369. The molecule has 1 atom stereocenters. The van der Waals surface area contributed by atoms with Gasteiger partial charge in [-0.05, 0) is 68.6 Å². The van der Waals surface area contributed by atoms with Crippen molar-refractivity contribution >= 4 is 40.9 Å². The molecule has 164 valence electrons. The van der Waals surface area contributed by atoms with Gasteiger partial charge in [-0.2, -0.15) is 0 Å². The van der Waals surface area contributed by atoms with Crippen molar-refractivity contribution in [2.75, 3.05) is 19.6 Å². The minimum Gasteiger partial charge on any atom is -0.450 e. The van der Waals surface area contributed by atoms with E-state index >= 15 is 0 Å². The van der Waals surface area contributed by atoms with Crippen LogP contribution in [-0.2, 0) is 0 Å². The molecule has 1 saturated heterocycles. The summed E-state index contributed by atoms with van der Waals surface area (Å²) >= 11 is 6.45. The van der Waals surface area contributed by atoms with Crippen molar-refractivity contribution < 1.29 is 9.21 Å². The molecule has 0 aliphatic carbocycles. The van der Waals surface area contributed by atoms with E-state index < -0.39 is 5.91 Å². The van der Waals surface area contributed by atoms with Crippen molar-refractivity contribution in [3.05, 3.63) is 80.2 Å². The molecule has 0 bridgehead atoms. The van der Waals surface area contributed by atoms with Gasteiger partial charge in [-0.3, -0.25) is 14.5 Å². The summed E-state index contributed by atoms with van der Waals surface area (Å²) in [6, 6.07) is 12.6. The molecule has 7 heteroatoms. The molecule has 1 unspecified atom stereocenters. The Hall–Kier alpha value is -2.34. The molecular weight excluding hydrogens is 435 g/mol. The molecule has 31 heavy (non-hydrogen) atoms. The lowest BCUT2D eigenvalue weighted by molar-refractivity contribution is 0.0910. The highest BCUT2D eigenvalue weighted by molar-refractivity contribution is 6.31. The van der Waals surface area contributed by atoms with Crippen LogP contribution < -0.4 is 10.7 Å². The lowest BCUT2D eigenvalue weighted by Crippen LogP contribution is -2.37. The quantitative estimate of drug-likeness (QED) is 0.578. The van der Waals surface area contributed by atoms with E-state index in [1.807, 2.05) is 44.2 Å². The summed E-state index contributed by atoms with van der Waals surface area (Å²) in [4.78, 5) is 27.7. The number of benzene rings is 2. The van der Waals surface area contributed by atoms with Crippen molar-refractivity contribution in [1.29, 1.82) is 0 Å². The molecule has 2 aromatic carbocycles. The number of rotatable bonds is 5. The Morgan fingerprint density at radius 1 is 1.16 bits per heavy atom. The van der Waals surface area contributed by atoms with Gasteiger partial charge in [-0.1, -0.05) is 35.9 Å². The number of halogens is 2. The SMILES string of the molecule is Cc1ccc2c(=O)cc(C(=O)NCC(c3ccccc3Cl)N3CCCC3)oc2c1C.Cl. The van der Waals surface area contributed by atoms with Crippen LogP contribution in [0.25, 0.3) is 11.0 Å². The third-order valence-electron chi connectivity index (χ3n) is 5.94. The van der Waals surface area contributed by atoms with Crippen molar-refractivity contribution in [2.24, 2.45) is 0 Å². The number of hydrogen-bond acceptors (Lipinski definition) is 4. The van der Waals surface area contributed by atoms with Gasteiger partial charge in [-0.15, -0.1) is 12.4 Å². The molecule has 0 spiro atoms. The summed E-state index contributed by atoms with van der Waals surface area (Å²) < 4.78 is 5.85. The number of nitrogens with one attached hydrogen (secondary N) is 1. The molecule has 0 saturated carbocycles. The number of nitrogens with zero attached hydrogens (tertiary/aromatic N) is 1. The fourth-order valence-electron chi connectivity index (χ4n) is 4.07. The van der Waals surface area contributed by atoms with Crippen molar-refractivity contribution in [3.8, 4) is 0 Å². The van der Waals surface area contributed by atoms with E-state index in [1.165, 1.54) is 6.07 Å². The Balaban J connectivity index is 0.00000272. The molecular formula is C24H26Cl2N2O3. The number of amides is 1. The van der Waals surface area contributed by atoms with Crippen LogP contribution in [0.5, 0.6) is 0 Å². The summed E-state index contributed by atoms with van der Waals surface area (Å²) in [6.07, 6.45) is 2.26. The second kappa shape index (κ2) is 9.86. The zero-order chi connectivity index (χ0) is 21.3. The average Bonchev–Trinajstić information content (AvgIpc) is 3.26. The van der Waals surface area contributed by atoms with Crippen molar-refractivity contribution in [2.45, 2.75) is 32.7 Å². The maximum Gasteiger partial charge on any atom is 0.287 e. The lowest BCUT2D eigenvalue weighted by atomic mass is 10.0. The third-order valence-corrected chi connectivity index (χ3v) is 6.29. The Kier molecular flexibility index (Phi) is 7.42. The standard InChI is InChI=1S/C24H25ClN2O3.ClH/c1-15-9-10-18-21(28)13-22(30-23(18)16(15)2)24(29)26-14-20(27-11-5-6-12-27)17-7-3-4-8-19(17)25;/h3-4,7-10,13,20H,5-6,11-12,14H2,1-2H3,(H,26,29);1H. The van der Waals surface area contributed by atoms with E-state index in [0.29, 0.717) is 22.5 Å². The lowest BCUT2D eigenvalue weighted by Gasteiger charge is -2.28. The number of hydrogen-bond donors (Lipinski definition) is 1. The minimum absolute atomic E-state index is 0. The van der Waals surface area contributed by atoms with Gasteiger partial charge in [0.25, 0.3) is 5.91 Å². The van der Waals surface area contributed by atoms with Crippen LogP contribution in [0, 0.1) is 13.8 Å². The second-order valence-corrected chi connectivity index (χ2v) is 8.26. The van der Waals surface area contributed by atoms with Gasteiger partial charge < -0.3 is 9.73 Å². The van der Waals surface area contributed by atoms with E-state index in [9.17, 15) is 9.59 Å². The van der Waals surface area contributed by atoms with Crippen molar-refractivity contribution in [1.82, 2.24) is 10.2 Å². The normalized spacial score (nSPS) is 14.9. The molecule has 2 heterocycles. The van der Waals surface area contributed by atoms with Gasteiger partial charge >= 0.3 is 0 Å². The maximum atomic E-state index is 12.9. The molecule has 1 aromatic heterocycles. The molecule has 1 aliphatic rings. The number of likely N-dealkylation sites (tertiary alicyclic amines) is 1. The highest BCUT2D eigenvalue weighted by Gasteiger charge is 2.26. The fraction of sp³-hybridized carbons (Fsp3) is 0.333. The summed E-state index contributed by atoms with van der Waals surface area (Å²) in [5, 5.41) is 4.13. The first-order valence-corrected chi connectivity index (χ1v) is 10.6. The van der Waals surface area contributed by atoms with Gasteiger partial charge in [0, 0.05) is 17.6 Å². The third kappa shape index (κ3) is 4.79. The first-order valence-electron chi connectivity index (χ1n) is 10.3. The van der Waals surface area contributed by atoms with Crippen LogP contribution in [0.15, 0.2) is 51.7 Å². The zero-order valence-corrected chi connectivity index (χ0v) is 19.2. The topological polar surface area (TPSA) is 62.6 Å². The van der Waals surface area contributed by atoms with Gasteiger partial charge in [-0.25, -0.2) is 0 Å². The maximum absolute atomic E-state index is 12.9. The van der Waals surface area contributed by atoms with E-state index in [1.54, 1.807) is 6.07 Å². The first-order chi connectivity index (χ1) is 14.5. The van der Waals surface area contributed by atoms with Crippen molar-refractivity contribution in [3.63, 3.8) is 0 Å². The fourth-order valence-corrected chi connectivity index (χ4v) is 4.34. The molecule has 5 nitrogen and oxygen atoms in total. The number of carbonyl (C=O) groups is 1. The summed E-state index contributed by atoms with van der Waals surface area (Å²) in [7, 11) is 0. The van der Waals surface area contributed by atoms with Crippen LogP contribution >= 0.6 is 24.0 Å². The Morgan fingerprint density at radius 3 is 2.58 bits per heavy atom. The van der Waals surface area contributed by atoms with Gasteiger partial charge in [0.2, 0.25) is 0 Å². The van der Waals surface area contributed by atoms with Gasteiger partial charge in [0.15, 0.2) is 11.2 Å². The predicted molar refractivity (Wildman–Crippen MR) is 127 cm³/mol. The van der Waals surface area contributed by atoms with Crippen LogP contribution in [0.4, 0.5) is 0 Å². The number of aryl methyl sites for hydroxylation is 2. The van der Waals surface area contributed by atoms with E-state index in [-0.39, 0.29) is 29.6 Å². The number of carbonyl (C=O) groups excluding carboxylic acids is 1. The van der Waals surface area contributed by atoms with E-state index in [2.05, 4.69) is 10.2 Å². The Labute approximate surface area is 192 Å². The smallest absolute Gasteiger partial charge is 0.287 e. The largest absolute Gasteiger partial charge is 0.450 e.